The standard InChI is InChI=1S/C22H35NO2SSi/c1-21(2,3)26(24)23-20(16-25-27(7,8)22(4,5)6)19-15-11-13-17-12-9-10-14-18(17)19/h9-15,20,23H,16H2,1-8H3/t20-,26?/m1/s1. The molecule has 0 saturated heterocycles. The summed E-state index contributed by atoms with van der Waals surface area (Å²) >= 11 is 0. The van der Waals surface area contributed by atoms with Gasteiger partial charge in [-0.25, -0.2) is 8.93 Å². The van der Waals surface area contributed by atoms with Crippen LogP contribution in [0.1, 0.15) is 53.1 Å². The first-order chi connectivity index (χ1) is 12.3. The van der Waals surface area contributed by atoms with Crippen molar-refractivity contribution in [2.75, 3.05) is 6.61 Å². The Morgan fingerprint density at radius 2 is 1.59 bits per heavy atom. The van der Waals surface area contributed by atoms with E-state index in [1.165, 1.54) is 10.8 Å². The molecule has 0 radical (unpaired) electrons. The van der Waals surface area contributed by atoms with E-state index < -0.39 is 19.3 Å². The van der Waals surface area contributed by atoms with Gasteiger partial charge in [-0.1, -0.05) is 63.2 Å². The van der Waals surface area contributed by atoms with Crippen molar-refractivity contribution in [1.29, 1.82) is 0 Å². The Morgan fingerprint density at radius 1 is 1.00 bits per heavy atom. The molecular formula is C22H35NO2SSi. The summed E-state index contributed by atoms with van der Waals surface area (Å²) in [6.07, 6.45) is 0. The molecule has 2 atom stereocenters. The van der Waals surface area contributed by atoms with E-state index in [1.54, 1.807) is 0 Å². The van der Waals surface area contributed by atoms with E-state index in [0.29, 0.717) is 6.61 Å². The second kappa shape index (κ2) is 8.16. The largest absolute Gasteiger partial charge is 0.415 e. The number of hydrogen-bond acceptors (Lipinski definition) is 2. The van der Waals surface area contributed by atoms with E-state index >= 15 is 0 Å². The van der Waals surface area contributed by atoms with Crippen molar-refractivity contribution in [2.45, 2.75) is 70.5 Å². The van der Waals surface area contributed by atoms with Crippen LogP contribution < -0.4 is 4.72 Å². The van der Waals surface area contributed by atoms with Crippen LogP contribution in [0.3, 0.4) is 0 Å². The zero-order chi connectivity index (χ0) is 20.5. The zero-order valence-corrected chi connectivity index (χ0v) is 19.9. The highest BCUT2D eigenvalue weighted by atomic mass is 32.2. The summed E-state index contributed by atoms with van der Waals surface area (Å²) in [6, 6.07) is 14.5. The summed E-state index contributed by atoms with van der Waals surface area (Å²) in [5.41, 5.74) is 1.14. The lowest BCUT2D eigenvalue weighted by atomic mass is 10.00. The van der Waals surface area contributed by atoms with Crippen molar-refractivity contribution in [3.05, 3.63) is 48.0 Å². The first kappa shape index (κ1) is 22.3. The highest BCUT2D eigenvalue weighted by Crippen LogP contribution is 2.37. The van der Waals surface area contributed by atoms with Crippen LogP contribution in [-0.2, 0) is 15.4 Å². The van der Waals surface area contributed by atoms with Gasteiger partial charge in [-0.2, -0.15) is 0 Å². The second-order valence-corrected chi connectivity index (χ2v) is 16.5. The predicted octanol–water partition coefficient (Wildman–Crippen LogP) is 5.95. The lowest BCUT2D eigenvalue weighted by Gasteiger charge is -2.37. The molecule has 0 fully saturated rings. The summed E-state index contributed by atoms with van der Waals surface area (Å²) in [5.74, 6) is 0. The molecule has 0 bridgehead atoms. The Morgan fingerprint density at radius 3 is 2.19 bits per heavy atom. The van der Waals surface area contributed by atoms with Crippen LogP contribution >= 0.6 is 0 Å². The summed E-state index contributed by atoms with van der Waals surface area (Å²) in [4.78, 5) is 0. The maximum Gasteiger partial charge on any atom is 0.192 e. The van der Waals surface area contributed by atoms with E-state index in [0.717, 1.165) is 5.56 Å². The molecule has 1 unspecified atom stereocenters. The normalized spacial score (nSPS) is 15.7. The number of nitrogens with one attached hydrogen (secondary N) is 1. The van der Waals surface area contributed by atoms with E-state index in [-0.39, 0.29) is 15.8 Å². The van der Waals surface area contributed by atoms with Crippen LogP contribution in [0.5, 0.6) is 0 Å². The molecule has 2 aromatic carbocycles. The van der Waals surface area contributed by atoms with Crippen LogP contribution in [0, 0.1) is 0 Å². The smallest absolute Gasteiger partial charge is 0.192 e. The van der Waals surface area contributed by atoms with Crippen LogP contribution in [-0.4, -0.2) is 23.9 Å². The van der Waals surface area contributed by atoms with Gasteiger partial charge in [0.25, 0.3) is 0 Å². The lowest BCUT2D eigenvalue weighted by molar-refractivity contribution is 0.258. The van der Waals surface area contributed by atoms with Crippen molar-refractivity contribution < 1.29 is 8.63 Å². The Kier molecular flexibility index (Phi) is 6.73. The zero-order valence-electron chi connectivity index (χ0n) is 18.1. The van der Waals surface area contributed by atoms with Gasteiger partial charge in [0.05, 0.1) is 28.4 Å². The third-order valence-corrected chi connectivity index (χ3v) is 11.5. The molecule has 1 N–H and O–H groups in total. The highest BCUT2D eigenvalue weighted by molar-refractivity contribution is 7.84. The minimum absolute atomic E-state index is 0.120. The van der Waals surface area contributed by atoms with E-state index in [4.69, 9.17) is 4.43 Å². The topological polar surface area (TPSA) is 38.3 Å². The van der Waals surface area contributed by atoms with E-state index in [2.05, 4.69) is 75.0 Å². The van der Waals surface area contributed by atoms with Crippen LogP contribution in [0.25, 0.3) is 10.8 Å². The molecule has 3 nitrogen and oxygen atoms in total. The molecule has 0 saturated carbocycles. The quantitative estimate of drug-likeness (QED) is 0.603. The van der Waals surface area contributed by atoms with Crippen LogP contribution in [0.4, 0.5) is 0 Å². The van der Waals surface area contributed by atoms with Gasteiger partial charge in [0, 0.05) is 0 Å². The molecule has 150 valence electrons. The number of rotatable bonds is 6. The Labute approximate surface area is 168 Å². The Hall–Kier alpha value is -1.01. The SMILES string of the molecule is CC(C)(C)S(=O)N[C@H](CO[Si](C)(C)C(C)(C)C)c1cccc2ccccc12. The van der Waals surface area contributed by atoms with Gasteiger partial charge in [-0.15, -0.1) is 0 Å². The van der Waals surface area contributed by atoms with Crippen molar-refractivity contribution in [3.8, 4) is 0 Å². The molecule has 2 aromatic rings. The molecule has 0 aliphatic heterocycles. The summed E-state index contributed by atoms with van der Waals surface area (Å²) in [7, 11) is -3.08. The van der Waals surface area contributed by atoms with Gasteiger partial charge < -0.3 is 4.43 Å². The van der Waals surface area contributed by atoms with Gasteiger partial charge >= 0.3 is 0 Å². The van der Waals surface area contributed by atoms with Gasteiger partial charge in [-0.05, 0) is 55.2 Å². The third-order valence-electron chi connectivity index (χ3n) is 5.42. The highest BCUT2D eigenvalue weighted by Gasteiger charge is 2.38. The van der Waals surface area contributed by atoms with Crippen LogP contribution in [0.2, 0.25) is 18.1 Å². The molecule has 0 aromatic heterocycles. The molecular weight excluding hydrogens is 370 g/mol. The van der Waals surface area contributed by atoms with Gasteiger partial charge in [0.2, 0.25) is 0 Å². The minimum Gasteiger partial charge on any atom is -0.415 e. The fourth-order valence-electron chi connectivity index (χ4n) is 2.56. The van der Waals surface area contributed by atoms with Crippen LogP contribution in [0.15, 0.2) is 42.5 Å². The molecule has 0 aliphatic carbocycles. The predicted molar refractivity (Wildman–Crippen MR) is 121 cm³/mol. The molecule has 2 rings (SSSR count). The monoisotopic (exact) mass is 405 g/mol. The Balaban J connectivity index is 2.39. The van der Waals surface area contributed by atoms with E-state index in [9.17, 15) is 4.21 Å². The molecule has 27 heavy (non-hydrogen) atoms. The van der Waals surface area contributed by atoms with Crippen molar-refractivity contribution in [2.24, 2.45) is 0 Å². The van der Waals surface area contributed by atoms with Gasteiger partial charge in [-0.3, -0.25) is 0 Å². The first-order valence-corrected chi connectivity index (χ1v) is 13.7. The average Bonchev–Trinajstić information content (AvgIpc) is 2.56. The fraction of sp³-hybridized carbons (Fsp3) is 0.545. The maximum atomic E-state index is 12.9. The molecule has 0 spiro atoms. The molecule has 0 amide bonds. The average molecular weight is 406 g/mol. The number of hydrogen-bond donors (Lipinski definition) is 1. The molecule has 0 aliphatic rings. The summed E-state index contributed by atoms with van der Waals surface area (Å²) in [5, 5.41) is 2.51. The minimum atomic E-state index is -1.90. The fourth-order valence-corrected chi connectivity index (χ4v) is 4.38. The maximum absolute atomic E-state index is 12.9. The first-order valence-electron chi connectivity index (χ1n) is 9.62. The number of fused-ring (bicyclic) bond motifs is 1. The Bertz CT molecular complexity index is 801. The van der Waals surface area contributed by atoms with Gasteiger partial charge in [0.1, 0.15) is 0 Å². The van der Waals surface area contributed by atoms with Crippen molar-refractivity contribution in [3.63, 3.8) is 0 Å². The molecule has 0 heterocycles. The van der Waals surface area contributed by atoms with Crippen molar-refractivity contribution in [1.82, 2.24) is 4.72 Å². The summed E-state index contributed by atoms with van der Waals surface area (Å²) in [6.45, 7) is 17.7. The lowest BCUT2D eigenvalue weighted by Crippen LogP contribution is -2.44. The summed E-state index contributed by atoms with van der Waals surface area (Å²) < 4.78 is 22.4. The second-order valence-electron chi connectivity index (χ2n) is 9.69. The number of benzene rings is 2. The van der Waals surface area contributed by atoms with E-state index in [1.807, 2.05) is 26.8 Å². The van der Waals surface area contributed by atoms with Gasteiger partial charge in [0.15, 0.2) is 8.32 Å². The third kappa shape index (κ3) is 5.50. The van der Waals surface area contributed by atoms with Crippen molar-refractivity contribution >= 4 is 30.1 Å². The molecule has 5 heteroatoms.